The van der Waals surface area contributed by atoms with Crippen molar-refractivity contribution >= 4 is 17.9 Å². The fourth-order valence-electron chi connectivity index (χ4n) is 1.89. The van der Waals surface area contributed by atoms with E-state index in [0.717, 1.165) is 12.8 Å². The van der Waals surface area contributed by atoms with E-state index in [1.54, 1.807) is 7.11 Å². The van der Waals surface area contributed by atoms with Gasteiger partial charge in [-0.05, 0) is 12.8 Å². The lowest BCUT2D eigenvalue weighted by molar-refractivity contribution is -0.144. The molecule has 0 aromatic heterocycles. The van der Waals surface area contributed by atoms with Crippen molar-refractivity contribution in [2.24, 2.45) is 0 Å². The molecule has 0 saturated heterocycles. The smallest absolute Gasteiger partial charge is 0.307 e. The number of hydrogen-bond donors (Lipinski definition) is 0. The SMILES string of the molecule is COCCCCOC(=O)CCN(CCC(=O)OC)CCC(=O)OC. The van der Waals surface area contributed by atoms with Crippen LogP contribution >= 0.6 is 0 Å². The summed E-state index contributed by atoms with van der Waals surface area (Å²) in [6.45, 7) is 2.24. The fourth-order valence-corrected chi connectivity index (χ4v) is 1.89. The minimum absolute atomic E-state index is 0.198. The van der Waals surface area contributed by atoms with Crippen LogP contribution in [0.4, 0.5) is 0 Å². The van der Waals surface area contributed by atoms with Gasteiger partial charge in [0.15, 0.2) is 0 Å². The van der Waals surface area contributed by atoms with Gasteiger partial charge >= 0.3 is 17.9 Å². The molecule has 8 nitrogen and oxygen atoms in total. The fraction of sp³-hybridized carbons (Fsp3) is 0.812. The molecule has 0 rings (SSSR count). The highest BCUT2D eigenvalue weighted by molar-refractivity contribution is 5.70. The average Bonchev–Trinajstić information content (AvgIpc) is 2.59. The molecule has 0 unspecified atom stereocenters. The normalized spacial score (nSPS) is 10.5. The maximum atomic E-state index is 11.7. The molecule has 0 aromatic carbocycles. The summed E-state index contributed by atoms with van der Waals surface area (Å²) in [5.41, 5.74) is 0. The molecule has 0 aliphatic heterocycles. The van der Waals surface area contributed by atoms with Gasteiger partial charge in [-0.15, -0.1) is 0 Å². The van der Waals surface area contributed by atoms with E-state index in [-0.39, 0.29) is 37.2 Å². The van der Waals surface area contributed by atoms with E-state index < -0.39 is 0 Å². The lowest BCUT2D eigenvalue weighted by Crippen LogP contribution is -2.31. The van der Waals surface area contributed by atoms with Gasteiger partial charge in [0.05, 0.1) is 40.1 Å². The Hall–Kier alpha value is -1.67. The molecule has 0 amide bonds. The van der Waals surface area contributed by atoms with Gasteiger partial charge in [0, 0.05) is 33.4 Å². The highest BCUT2D eigenvalue weighted by atomic mass is 16.5. The van der Waals surface area contributed by atoms with Gasteiger partial charge < -0.3 is 23.8 Å². The zero-order chi connectivity index (χ0) is 18.2. The Labute approximate surface area is 143 Å². The molecule has 0 heterocycles. The van der Waals surface area contributed by atoms with E-state index >= 15 is 0 Å². The summed E-state index contributed by atoms with van der Waals surface area (Å²) >= 11 is 0. The number of hydrogen-bond acceptors (Lipinski definition) is 8. The monoisotopic (exact) mass is 347 g/mol. The molecule has 0 atom stereocenters. The first-order valence-corrected chi connectivity index (χ1v) is 8.04. The molecule has 8 heteroatoms. The summed E-state index contributed by atoms with van der Waals surface area (Å²) in [6, 6.07) is 0. The van der Waals surface area contributed by atoms with Crippen LogP contribution in [0.25, 0.3) is 0 Å². The van der Waals surface area contributed by atoms with Crippen LogP contribution in [-0.4, -0.2) is 77.0 Å². The number of unbranched alkanes of at least 4 members (excludes halogenated alkanes) is 1. The van der Waals surface area contributed by atoms with Crippen molar-refractivity contribution in [1.82, 2.24) is 4.90 Å². The molecule has 0 saturated carbocycles. The predicted molar refractivity (Wildman–Crippen MR) is 86.4 cm³/mol. The Bertz CT molecular complexity index is 353. The van der Waals surface area contributed by atoms with Gasteiger partial charge in [0.2, 0.25) is 0 Å². The Morgan fingerprint density at radius 3 is 1.62 bits per heavy atom. The third kappa shape index (κ3) is 12.8. The predicted octanol–water partition coefficient (Wildman–Crippen LogP) is 0.775. The van der Waals surface area contributed by atoms with Crippen LogP contribution < -0.4 is 0 Å². The Morgan fingerprint density at radius 2 is 1.17 bits per heavy atom. The minimum atomic E-state index is -0.334. The zero-order valence-corrected chi connectivity index (χ0v) is 14.9. The van der Waals surface area contributed by atoms with Crippen molar-refractivity contribution in [1.29, 1.82) is 0 Å². The first kappa shape index (κ1) is 22.3. The Morgan fingerprint density at radius 1 is 0.708 bits per heavy atom. The molecule has 0 radical (unpaired) electrons. The van der Waals surface area contributed by atoms with Crippen molar-refractivity contribution in [2.45, 2.75) is 32.1 Å². The van der Waals surface area contributed by atoms with Gasteiger partial charge in [-0.25, -0.2) is 0 Å². The molecular weight excluding hydrogens is 318 g/mol. The second-order valence-electron chi connectivity index (χ2n) is 5.16. The van der Waals surface area contributed by atoms with Crippen LogP contribution in [0, 0.1) is 0 Å². The summed E-state index contributed by atoms with van der Waals surface area (Å²) < 4.78 is 19.2. The Kier molecular flexibility index (Phi) is 13.9. The lowest BCUT2D eigenvalue weighted by atomic mass is 10.3. The molecular formula is C16H29NO7. The minimum Gasteiger partial charge on any atom is -0.469 e. The van der Waals surface area contributed by atoms with Crippen molar-refractivity contribution in [3.63, 3.8) is 0 Å². The standard InChI is InChI=1S/C16H29NO7/c1-21-12-4-5-13-24-16(20)8-11-17(9-6-14(18)22-2)10-7-15(19)23-3/h4-13H2,1-3H3. The van der Waals surface area contributed by atoms with E-state index in [1.807, 2.05) is 4.90 Å². The molecule has 0 spiro atoms. The van der Waals surface area contributed by atoms with E-state index in [2.05, 4.69) is 9.47 Å². The van der Waals surface area contributed by atoms with Crippen molar-refractivity contribution < 1.29 is 33.3 Å². The first-order chi connectivity index (χ1) is 11.5. The molecule has 0 aliphatic carbocycles. The lowest BCUT2D eigenvalue weighted by Gasteiger charge is -2.20. The number of carbonyl (C=O) groups excluding carboxylic acids is 3. The van der Waals surface area contributed by atoms with Crippen LogP contribution in [-0.2, 0) is 33.3 Å². The first-order valence-electron chi connectivity index (χ1n) is 8.04. The molecule has 0 aromatic rings. The third-order valence-corrected chi connectivity index (χ3v) is 3.36. The number of ether oxygens (including phenoxy) is 4. The molecule has 140 valence electrons. The highest BCUT2D eigenvalue weighted by Crippen LogP contribution is 2.01. The zero-order valence-electron chi connectivity index (χ0n) is 14.9. The highest BCUT2D eigenvalue weighted by Gasteiger charge is 2.13. The van der Waals surface area contributed by atoms with Gasteiger partial charge in [0.1, 0.15) is 0 Å². The van der Waals surface area contributed by atoms with Crippen LogP contribution in [0.15, 0.2) is 0 Å². The quantitative estimate of drug-likeness (QED) is 0.259. The van der Waals surface area contributed by atoms with Gasteiger partial charge in [-0.1, -0.05) is 0 Å². The number of nitrogens with zero attached hydrogens (tertiary/aromatic N) is 1. The average molecular weight is 347 g/mol. The summed E-state index contributed by atoms with van der Waals surface area (Å²) in [5, 5.41) is 0. The second-order valence-corrected chi connectivity index (χ2v) is 5.16. The topological polar surface area (TPSA) is 91.4 Å². The number of carbonyl (C=O) groups is 3. The maximum Gasteiger partial charge on any atom is 0.307 e. The molecule has 0 fully saturated rings. The largest absolute Gasteiger partial charge is 0.469 e. The van der Waals surface area contributed by atoms with Gasteiger partial charge in [-0.2, -0.15) is 0 Å². The number of esters is 3. The van der Waals surface area contributed by atoms with Crippen LogP contribution in [0.5, 0.6) is 0 Å². The van der Waals surface area contributed by atoms with E-state index in [4.69, 9.17) is 9.47 Å². The van der Waals surface area contributed by atoms with Crippen molar-refractivity contribution in [3.05, 3.63) is 0 Å². The summed E-state index contributed by atoms with van der Waals surface area (Å²) in [5.74, 6) is -0.967. The third-order valence-electron chi connectivity index (χ3n) is 3.36. The van der Waals surface area contributed by atoms with Crippen molar-refractivity contribution in [2.75, 3.05) is 54.2 Å². The van der Waals surface area contributed by atoms with Crippen LogP contribution in [0.3, 0.4) is 0 Å². The molecule has 0 N–H and O–H groups in total. The van der Waals surface area contributed by atoms with Crippen LogP contribution in [0.2, 0.25) is 0 Å². The van der Waals surface area contributed by atoms with E-state index in [0.29, 0.717) is 32.8 Å². The van der Waals surface area contributed by atoms with E-state index in [9.17, 15) is 14.4 Å². The molecule has 24 heavy (non-hydrogen) atoms. The summed E-state index contributed by atoms with van der Waals surface area (Å²) in [4.78, 5) is 36.0. The molecule has 0 bridgehead atoms. The van der Waals surface area contributed by atoms with Crippen molar-refractivity contribution in [3.8, 4) is 0 Å². The maximum absolute atomic E-state index is 11.7. The Balaban J connectivity index is 4.10. The summed E-state index contributed by atoms with van der Waals surface area (Å²) in [7, 11) is 4.27. The molecule has 0 aliphatic rings. The summed E-state index contributed by atoms with van der Waals surface area (Å²) in [6.07, 6.45) is 2.20. The number of rotatable bonds is 14. The van der Waals surface area contributed by atoms with Crippen LogP contribution in [0.1, 0.15) is 32.1 Å². The van der Waals surface area contributed by atoms with E-state index in [1.165, 1.54) is 14.2 Å². The number of methoxy groups -OCH3 is 3. The van der Waals surface area contributed by atoms with Gasteiger partial charge in [0.25, 0.3) is 0 Å². The second kappa shape index (κ2) is 14.9. The van der Waals surface area contributed by atoms with Gasteiger partial charge in [-0.3, -0.25) is 14.4 Å².